The molecule has 26 heavy (non-hydrogen) atoms. The SMILES string of the molecule is CCOC(=O)c1ccc(/C=C(\C)C=CC23CC2(C)CCCC3(C)C)cc1. The number of esters is 1. The fraction of sp³-hybridized carbons (Fsp3) is 0.542. The largest absolute Gasteiger partial charge is 0.462 e. The van der Waals surface area contributed by atoms with Gasteiger partial charge in [-0.2, -0.15) is 0 Å². The highest BCUT2D eigenvalue weighted by Crippen LogP contribution is 2.78. The molecule has 2 fully saturated rings. The van der Waals surface area contributed by atoms with Crippen LogP contribution >= 0.6 is 0 Å². The van der Waals surface area contributed by atoms with Crippen molar-refractivity contribution in [2.75, 3.05) is 6.61 Å². The molecule has 0 spiro atoms. The van der Waals surface area contributed by atoms with Crippen LogP contribution in [0.15, 0.2) is 42.0 Å². The third kappa shape index (κ3) is 3.26. The standard InChI is InChI=1S/C24H32O2/c1-6-26-21(25)20-10-8-19(9-11-20)16-18(2)12-15-24-17-23(24,5)14-7-13-22(24,3)4/h8-12,15-16H,6-7,13-14,17H2,1-5H3/b15-12?,18-16+. The van der Waals surface area contributed by atoms with Crippen LogP contribution in [0.1, 0.15) is 76.2 Å². The number of hydrogen-bond acceptors (Lipinski definition) is 2. The highest BCUT2D eigenvalue weighted by Gasteiger charge is 2.69. The molecule has 0 heterocycles. The van der Waals surface area contributed by atoms with E-state index in [2.05, 4.69) is 45.9 Å². The summed E-state index contributed by atoms with van der Waals surface area (Å²) in [6.07, 6.45) is 12.3. The zero-order valence-electron chi connectivity index (χ0n) is 16.9. The van der Waals surface area contributed by atoms with Crippen molar-refractivity contribution in [1.82, 2.24) is 0 Å². The third-order valence-electron chi connectivity index (χ3n) is 6.81. The monoisotopic (exact) mass is 352 g/mol. The van der Waals surface area contributed by atoms with E-state index in [4.69, 9.17) is 4.74 Å². The minimum absolute atomic E-state index is 0.258. The Morgan fingerprint density at radius 1 is 1.15 bits per heavy atom. The Morgan fingerprint density at radius 2 is 1.85 bits per heavy atom. The summed E-state index contributed by atoms with van der Waals surface area (Å²) in [7, 11) is 0. The zero-order chi connectivity index (χ0) is 19.0. The second kappa shape index (κ2) is 6.72. The van der Waals surface area contributed by atoms with Crippen LogP contribution in [0.2, 0.25) is 0 Å². The molecule has 0 saturated heterocycles. The molecule has 2 nitrogen and oxygen atoms in total. The molecule has 2 aliphatic rings. The van der Waals surface area contributed by atoms with Crippen LogP contribution in [-0.2, 0) is 4.74 Å². The van der Waals surface area contributed by atoms with Crippen molar-refractivity contribution >= 4 is 12.0 Å². The Hall–Kier alpha value is -1.83. The van der Waals surface area contributed by atoms with E-state index in [9.17, 15) is 4.79 Å². The van der Waals surface area contributed by atoms with Crippen molar-refractivity contribution < 1.29 is 9.53 Å². The van der Waals surface area contributed by atoms with Crippen molar-refractivity contribution in [3.63, 3.8) is 0 Å². The van der Waals surface area contributed by atoms with Gasteiger partial charge >= 0.3 is 5.97 Å². The number of carbonyl (C=O) groups is 1. The second-order valence-electron chi connectivity index (χ2n) is 9.01. The van der Waals surface area contributed by atoms with Gasteiger partial charge < -0.3 is 4.74 Å². The molecule has 1 aromatic carbocycles. The van der Waals surface area contributed by atoms with Gasteiger partial charge in [-0.1, -0.05) is 63.1 Å². The van der Waals surface area contributed by atoms with Gasteiger partial charge in [0.15, 0.2) is 0 Å². The Balaban J connectivity index is 1.73. The quantitative estimate of drug-likeness (QED) is 0.451. The van der Waals surface area contributed by atoms with E-state index in [0.717, 1.165) is 5.56 Å². The number of allylic oxidation sites excluding steroid dienone is 3. The number of ether oxygens (including phenoxy) is 1. The van der Waals surface area contributed by atoms with E-state index < -0.39 is 0 Å². The van der Waals surface area contributed by atoms with Crippen LogP contribution in [-0.4, -0.2) is 12.6 Å². The van der Waals surface area contributed by atoms with Gasteiger partial charge in [0, 0.05) is 0 Å². The highest BCUT2D eigenvalue weighted by atomic mass is 16.5. The Bertz CT molecular complexity index is 738. The molecule has 2 atom stereocenters. The molecule has 2 unspecified atom stereocenters. The lowest BCUT2D eigenvalue weighted by atomic mass is 9.63. The summed E-state index contributed by atoms with van der Waals surface area (Å²) in [4.78, 5) is 11.7. The van der Waals surface area contributed by atoms with Gasteiger partial charge in [-0.05, 0) is 67.1 Å². The summed E-state index contributed by atoms with van der Waals surface area (Å²) >= 11 is 0. The van der Waals surface area contributed by atoms with E-state index in [1.54, 1.807) is 0 Å². The first kappa shape index (κ1) is 18.9. The molecule has 0 bridgehead atoms. The molecular formula is C24H32O2. The zero-order valence-corrected chi connectivity index (χ0v) is 16.9. The van der Waals surface area contributed by atoms with Crippen LogP contribution in [0.4, 0.5) is 0 Å². The predicted octanol–water partition coefficient (Wildman–Crippen LogP) is 6.43. The van der Waals surface area contributed by atoms with Crippen molar-refractivity contribution in [1.29, 1.82) is 0 Å². The lowest BCUT2D eigenvalue weighted by Gasteiger charge is -2.41. The molecule has 1 aromatic rings. The van der Waals surface area contributed by atoms with Gasteiger partial charge in [0.1, 0.15) is 0 Å². The Labute approximate surface area is 158 Å². The first-order valence-corrected chi connectivity index (χ1v) is 9.88. The summed E-state index contributed by atoms with van der Waals surface area (Å²) in [5.41, 5.74) is 4.21. The maximum atomic E-state index is 11.7. The molecule has 2 saturated carbocycles. The van der Waals surface area contributed by atoms with Gasteiger partial charge in [-0.3, -0.25) is 0 Å². The summed E-state index contributed by atoms with van der Waals surface area (Å²) in [5.74, 6) is -0.258. The summed E-state index contributed by atoms with van der Waals surface area (Å²) < 4.78 is 5.03. The van der Waals surface area contributed by atoms with Gasteiger partial charge in [0.25, 0.3) is 0 Å². The lowest BCUT2D eigenvalue weighted by molar-refractivity contribution is 0.0526. The molecule has 2 aliphatic carbocycles. The number of carbonyl (C=O) groups excluding carboxylic acids is 1. The average Bonchev–Trinajstić information content (AvgIpc) is 3.21. The van der Waals surface area contributed by atoms with Crippen LogP contribution in [0.5, 0.6) is 0 Å². The van der Waals surface area contributed by atoms with Crippen LogP contribution in [0.3, 0.4) is 0 Å². The summed E-state index contributed by atoms with van der Waals surface area (Å²) in [5, 5.41) is 0. The number of benzene rings is 1. The predicted molar refractivity (Wildman–Crippen MR) is 108 cm³/mol. The topological polar surface area (TPSA) is 26.3 Å². The molecule has 0 radical (unpaired) electrons. The normalized spacial score (nSPS) is 30.1. The van der Waals surface area contributed by atoms with Crippen molar-refractivity contribution in [2.45, 2.75) is 60.3 Å². The van der Waals surface area contributed by atoms with Gasteiger partial charge in [-0.25, -0.2) is 4.79 Å². The Morgan fingerprint density at radius 3 is 2.46 bits per heavy atom. The second-order valence-corrected chi connectivity index (χ2v) is 9.01. The number of hydrogen-bond donors (Lipinski definition) is 0. The number of rotatable bonds is 5. The lowest BCUT2D eigenvalue weighted by Crippen LogP contribution is -2.32. The molecule has 0 aromatic heterocycles. The van der Waals surface area contributed by atoms with Crippen LogP contribution in [0, 0.1) is 16.2 Å². The molecule has 2 heteroatoms. The number of fused-ring (bicyclic) bond motifs is 1. The molecule has 0 amide bonds. The molecule has 140 valence electrons. The summed E-state index contributed by atoms with van der Waals surface area (Å²) in [6.45, 7) is 11.7. The van der Waals surface area contributed by atoms with Crippen molar-refractivity contribution in [3.05, 3.63) is 53.1 Å². The fourth-order valence-electron chi connectivity index (χ4n) is 5.08. The van der Waals surface area contributed by atoms with Crippen molar-refractivity contribution in [2.24, 2.45) is 16.2 Å². The van der Waals surface area contributed by atoms with Crippen molar-refractivity contribution in [3.8, 4) is 0 Å². The molecule has 0 aliphatic heterocycles. The average molecular weight is 353 g/mol. The van der Waals surface area contributed by atoms with E-state index in [-0.39, 0.29) is 5.97 Å². The maximum Gasteiger partial charge on any atom is 0.338 e. The van der Waals surface area contributed by atoms with Crippen LogP contribution in [0.25, 0.3) is 6.08 Å². The highest BCUT2D eigenvalue weighted by molar-refractivity contribution is 5.89. The van der Waals surface area contributed by atoms with E-state index in [1.807, 2.05) is 31.2 Å². The molecule has 3 rings (SSSR count). The fourth-order valence-corrected chi connectivity index (χ4v) is 5.08. The van der Waals surface area contributed by atoms with Gasteiger partial charge in [0.05, 0.1) is 12.2 Å². The first-order valence-electron chi connectivity index (χ1n) is 9.88. The van der Waals surface area contributed by atoms with E-state index in [1.165, 1.54) is 31.3 Å². The Kier molecular flexibility index (Phi) is 4.90. The third-order valence-corrected chi connectivity index (χ3v) is 6.81. The van der Waals surface area contributed by atoms with Crippen LogP contribution < -0.4 is 0 Å². The molecule has 0 N–H and O–H groups in total. The smallest absolute Gasteiger partial charge is 0.338 e. The minimum atomic E-state index is -0.258. The molecular weight excluding hydrogens is 320 g/mol. The van der Waals surface area contributed by atoms with Gasteiger partial charge in [-0.15, -0.1) is 0 Å². The summed E-state index contributed by atoms with van der Waals surface area (Å²) in [6, 6.07) is 7.63. The van der Waals surface area contributed by atoms with E-state index in [0.29, 0.717) is 28.4 Å². The minimum Gasteiger partial charge on any atom is -0.462 e. The van der Waals surface area contributed by atoms with E-state index >= 15 is 0 Å². The first-order chi connectivity index (χ1) is 12.2. The van der Waals surface area contributed by atoms with Gasteiger partial charge in [0.2, 0.25) is 0 Å². The maximum absolute atomic E-state index is 11.7.